The number of phenols is 1. The van der Waals surface area contributed by atoms with Gasteiger partial charge in [0.1, 0.15) is 11.8 Å². The van der Waals surface area contributed by atoms with Crippen LogP contribution >= 0.6 is 11.8 Å². The molecule has 28 heavy (non-hydrogen) atoms. The van der Waals surface area contributed by atoms with E-state index in [1.807, 2.05) is 37.3 Å². The van der Waals surface area contributed by atoms with Crippen molar-refractivity contribution in [2.75, 3.05) is 0 Å². The summed E-state index contributed by atoms with van der Waals surface area (Å²) in [7, 11) is 0. The molecule has 1 N–H and O–H groups in total. The van der Waals surface area contributed by atoms with E-state index in [0.29, 0.717) is 22.2 Å². The Kier molecular flexibility index (Phi) is 4.78. The van der Waals surface area contributed by atoms with Gasteiger partial charge in [-0.1, -0.05) is 30.0 Å². The van der Waals surface area contributed by atoms with E-state index >= 15 is 0 Å². The molecule has 0 unspecified atom stereocenters. The average Bonchev–Trinajstić information content (AvgIpc) is 3.31. The molecule has 0 spiro atoms. The van der Waals surface area contributed by atoms with E-state index in [4.69, 9.17) is 0 Å². The summed E-state index contributed by atoms with van der Waals surface area (Å²) in [5.41, 5.74) is 3.65. The normalized spacial score (nSPS) is 10.7. The minimum absolute atomic E-state index is 0.173. The lowest BCUT2D eigenvalue weighted by Crippen LogP contribution is -2.03. The number of hydrogen-bond donors (Lipinski definition) is 1. The topological polar surface area (TPSA) is 105 Å². The second kappa shape index (κ2) is 7.54. The van der Waals surface area contributed by atoms with Crippen LogP contribution in [0, 0.1) is 18.3 Å². The van der Waals surface area contributed by atoms with Gasteiger partial charge < -0.3 is 5.11 Å². The van der Waals surface area contributed by atoms with Crippen molar-refractivity contribution in [2.24, 2.45) is 0 Å². The number of thioether (sulfide) groups is 1. The van der Waals surface area contributed by atoms with Crippen LogP contribution in [-0.2, 0) is 5.75 Å². The van der Waals surface area contributed by atoms with Gasteiger partial charge in [0.05, 0.1) is 28.3 Å². The van der Waals surface area contributed by atoms with E-state index < -0.39 is 0 Å². The Balaban J connectivity index is 1.66. The Bertz CT molecular complexity index is 1140. The van der Waals surface area contributed by atoms with Gasteiger partial charge >= 0.3 is 0 Å². The second-order valence-corrected chi connectivity index (χ2v) is 6.89. The molecule has 0 saturated heterocycles. The van der Waals surface area contributed by atoms with Crippen molar-refractivity contribution in [3.05, 3.63) is 71.5 Å². The van der Waals surface area contributed by atoms with Gasteiger partial charge in [-0.3, -0.25) is 0 Å². The Hall–Kier alpha value is -3.64. The highest BCUT2D eigenvalue weighted by Gasteiger charge is 2.18. The summed E-state index contributed by atoms with van der Waals surface area (Å²) >= 11 is 1.41. The monoisotopic (exact) mass is 389 g/mol. The molecule has 0 amide bonds. The fourth-order valence-electron chi connectivity index (χ4n) is 2.79. The minimum Gasteiger partial charge on any atom is -0.508 e. The lowest BCUT2D eigenvalue weighted by atomic mass is 10.2. The third kappa shape index (κ3) is 3.33. The van der Waals surface area contributed by atoms with Crippen LogP contribution in [0.25, 0.3) is 11.4 Å². The summed E-state index contributed by atoms with van der Waals surface area (Å²) in [5.74, 6) is 0.642. The molecule has 4 aromatic rings. The molecule has 0 bridgehead atoms. The van der Waals surface area contributed by atoms with Gasteiger partial charge in [0.15, 0.2) is 0 Å². The molecular weight excluding hydrogens is 374 g/mol. The fourth-order valence-corrected chi connectivity index (χ4v) is 3.69. The maximum atomic E-state index is 9.59. The highest BCUT2D eigenvalue weighted by Crippen LogP contribution is 2.27. The number of aromatic nitrogens is 6. The van der Waals surface area contributed by atoms with Crippen molar-refractivity contribution in [3.8, 4) is 23.2 Å². The van der Waals surface area contributed by atoms with E-state index in [0.717, 1.165) is 17.1 Å². The van der Waals surface area contributed by atoms with Crippen molar-refractivity contribution in [1.29, 1.82) is 5.26 Å². The highest BCUT2D eigenvalue weighted by molar-refractivity contribution is 7.98. The smallest absolute Gasteiger partial charge is 0.214 e. The van der Waals surface area contributed by atoms with Crippen LogP contribution in [0.2, 0.25) is 0 Å². The summed E-state index contributed by atoms with van der Waals surface area (Å²) in [6.45, 7) is 1.83. The third-order valence-electron chi connectivity index (χ3n) is 4.14. The summed E-state index contributed by atoms with van der Waals surface area (Å²) in [5, 5.41) is 36.0. The van der Waals surface area contributed by atoms with E-state index in [9.17, 15) is 10.4 Å². The number of hydrogen-bond acceptors (Lipinski definition) is 7. The van der Waals surface area contributed by atoms with Gasteiger partial charge in [-0.05, 0) is 53.7 Å². The van der Waals surface area contributed by atoms with E-state index in [1.54, 1.807) is 33.6 Å². The standard InChI is InChI=1S/C19H15N7OS/c1-13-17(11-20)18(25(22-13)14-5-3-2-4-6-14)12-28-19-21-23-24-26(19)15-7-9-16(27)10-8-15/h2-10,27H,12H2,1H3. The van der Waals surface area contributed by atoms with Crippen molar-refractivity contribution < 1.29 is 5.11 Å². The lowest BCUT2D eigenvalue weighted by molar-refractivity contribution is 0.475. The number of phenolic OH excluding ortho intramolecular Hbond substituents is 1. The van der Waals surface area contributed by atoms with Gasteiger partial charge in [0.2, 0.25) is 5.16 Å². The van der Waals surface area contributed by atoms with E-state index in [-0.39, 0.29) is 5.75 Å². The molecule has 2 heterocycles. The zero-order valence-electron chi connectivity index (χ0n) is 14.9. The zero-order chi connectivity index (χ0) is 19.5. The number of aromatic hydroxyl groups is 1. The molecule has 8 nitrogen and oxygen atoms in total. The summed E-state index contributed by atoms with van der Waals surface area (Å²) in [6, 6.07) is 18.6. The first kappa shape index (κ1) is 17.8. The van der Waals surface area contributed by atoms with Crippen molar-refractivity contribution in [1.82, 2.24) is 30.0 Å². The number of para-hydroxylation sites is 1. The summed E-state index contributed by atoms with van der Waals surface area (Å²) in [6.07, 6.45) is 0. The molecule has 0 aliphatic heterocycles. The van der Waals surface area contributed by atoms with Gasteiger partial charge in [0, 0.05) is 5.75 Å². The molecule has 0 aliphatic rings. The van der Waals surface area contributed by atoms with Gasteiger partial charge in [-0.15, -0.1) is 5.10 Å². The first-order valence-electron chi connectivity index (χ1n) is 8.42. The zero-order valence-corrected chi connectivity index (χ0v) is 15.7. The Morgan fingerprint density at radius 3 is 2.46 bits per heavy atom. The molecule has 9 heteroatoms. The molecule has 138 valence electrons. The molecule has 0 atom stereocenters. The predicted octanol–water partition coefficient (Wildman–Crippen LogP) is 3.03. The van der Waals surface area contributed by atoms with Crippen LogP contribution in [0.4, 0.5) is 0 Å². The third-order valence-corrected chi connectivity index (χ3v) is 5.07. The summed E-state index contributed by atoms with van der Waals surface area (Å²) in [4.78, 5) is 0. The molecule has 0 saturated carbocycles. The molecule has 0 fully saturated rings. The maximum Gasteiger partial charge on any atom is 0.214 e. The first-order valence-corrected chi connectivity index (χ1v) is 9.40. The number of tetrazole rings is 1. The van der Waals surface area contributed by atoms with Crippen LogP contribution in [0.1, 0.15) is 17.0 Å². The van der Waals surface area contributed by atoms with E-state index in [1.165, 1.54) is 11.8 Å². The Morgan fingerprint density at radius 1 is 1.04 bits per heavy atom. The summed E-state index contributed by atoms with van der Waals surface area (Å²) < 4.78 is 3.38. The molecule has 2 aromatic heterocycles. The Labute approximate surface area is 165 Å². The molecule has 0 radical (unpaired) electrons. The van der Waals surface area contributed by atoms with Crippen LogP contribution in [0.5, 0.6) is 5.75 Å². The number of aryl methyl sites for hydroxylation is 1. The van der Waals surface area contributed by atoms with Gasteiger partial charge in [-0.25, -0.2) is 4.68 Å². The molecule has 0 aliphatic carbocycles. The van der Waals surface area contributed by atoms with Crippen LogP contribution in [0.3, 0.4) is 0 Å². The predicted molar refractivity (Wildman–Crippen MR) is 103 cm³/mol. The van der Waals surface area contributed by atoms with Crippen LogP contribution in [-0.4, -0.2) is 35.1 Å². The van der Waals surface area contributed by atoms with Gasteiger partial charge in [0.25, 0.3) is 0 Å². The quantitative estimate of drug-likeness (QED) is 0.523. The SMILES string of the molecule is Cc1nn(-c2ccccc2)c(CSc2nnnn2-c2ccc(O)cc2)c1C#N. The second-order valence-electron chi connectivity index (χ2n) is 5.94. The van der Waals surface area contributed by atoms with E-state index in [2.05, 4.69) is 26.7 Å². The molecule has 4 rings (SSSR count). The number of nitrogens with zero attached hydrogens (tertiary/aromatic N) is 7. The van der Waals surface area contributed by atoms with Crippen LogP contribution in [0.15, 0.2) is 59.8 Å². The number of nitriles is 1. The Morgan fingerprint density at radius 2 is 1.75 bits per heavy atom. The minimum atomic E-state index is 0.173. The first-order chi connectivity index (χ1) is 13.7. The fraction of sp³-hybridized carbons (Fsp3) is 0.105. The lowest BCUT2D eigenvalue weighted by Gasteiger charge is -2.08. The highest BCUT2D eigenvalue weighted by atomic mass is 32.2. The molecular formula is C19H15N7OS. The largest absolute Gasteiger partial charge is 0.508 e. The van der Waals surface area contributed by atoms with Crippen LogP contribution < -0.4 is 0 Å². The van der Waals surface area contributed by atoms with Crippen molar-refractivity contribution in [3.63, 3.8) is 0 Å². The van der Waals surface area contributed by atoms with Crippen molar-refractivity contribution in [2.45, 2.75) is 17.8 Å². The van der Waals surface area contributed by atoms with Gasteiger partial charge in [-0.2, -0.15) is 15.0 Å². The average molecular weight is 389 g/mol. The molecule has 2 aromatic carbocycles. The van der Waals surface area contributed by atoms with Crippen molar-refractivity contribution >= 4 is 11.8 Å². The maximum absolute atomic E-state index is 9.59. The number of rotatable bonds is 5. The number of benzene rings is 2.